The number of hydrogen-bond donors (Lipinski definition) is 0. The molecule has 1 aliphatic rings. The number of carbonyl (C=O) groups excluding carboxylic acids is 1. The number of hydrogen-bond acceptors (Lipinski definition) is 2. The number of amides is 1. The molecule has 0 saturated carbocycles. The number of halogens is 1. The Hall–Kier alpha value is -1.81. The van der Waals surface area contributed by atoms with E-state index in [1.807, 2.05) is 48.2 Å². The van der Waals surface area contributed by atoms with Crippen molar-refractivity contribution in [1.29, 1.82) is 0 Å². The summed E-state index contributed by atoms with van der Waals surface area (Å²) < 4.78 is 14.1. The van der Waals surface area contributed by atoms with E-state index >= 15 is 0 Å². The molecule has 1 aliphatic heterocycles. The van der Waals surface area contributed by atoms with Crippen molar-refractivity contribution in [3.63, 3.8) is 0 Å². The topological polar surface area (TPSA) is 20.3 Å². The predicted molar refractivity (Wildman–Crippen MR) is 92.8 cm³/mol. The van der Waals surface area contributed by atoms with E-state index in [1.165, 1.54) is 6.07 Å². The van der Waals surface area contributed by atoms with E-state index < -0.39 is 0 Å². The van der Waals surface area contributed by atoms with Crippen molar-refractivity contribution in [3.8, 4) is 0 Å². The molecule has 0 radical (unpaired) electrons. The van der Waals surface area contributed by atoms with Gasteiger partial charge in [0, 0.05) is 17.9 Å². The second-order valence-electron chi connectivity index (χ2n) is 5.65. The lowest BCUT2D eigenvalue weighted by Gasteiger charge is -2.28. The molecule has 4 heteroatoms. The van der Waals surface area contributed by atoms with E-state index in [9.17, 15) is 9.18 Å². The van der Waals surface area contributed by atoms with Gasteiger partial charge in [-0.2, -0.15) is 0 Å². The van der Waals surface area contributed by atoms with Gasteiger partial charge in [-0.25, -0.2) is 4.39 Å². The highest BCUT2D eigenvalue weighted by molar-refractivity contribution is 7.99. The fourth-order valence-electron chi connectivity index (χ4n) is 3.07. The molecule has 2 nitrogen and oxygen atoms in total. The lowest BCUT2D eigenvalue weighted by Crippen LogP contribution is -2.34. The van der Waals surface area contributed by atoms with Crippen molar-refractivity contribution in [2.75, 3.05) is 12.3 Å². The average Bonchev–Trinajstić information content (AvgIpc) is 3.06. The van der Waals surface area contributed by atoms with Crippen LogP contribution in [0.4, 0.5) is 4.39 Å². The van der Waals surface area contributed by atoms with Crippen molar-refractivity contribution in [3.05, 3.63) is 71.5 Å². The van der Waals surface area contributed by atoms with Crippen LogP contribution in [-0.4, -0.2) is 23.1 Å². The Morgan fingerprint density at radius 3 is 2.61 bits per heavy atom. The largest absolute Gasteiger partial charge is 0.325 e. The molecule has 0 aliphatic carbocycles. The van der Waals surface area contributed by atoms with Gasteiger partial charge in [0.25, 0.3) is 0 Å². The Labute approximate surface area is 140 Å². The number of benzene rings is 2. The zero-order valence-electron chi connectivity index (χ0n) is 13.1. The molecule has 0 N–H and O–H groups in total. The van der Waals surface area contributed by atoms with Gasteiger partial charge in [-0.05, 0) is 18.1 Å². The summed E-state index contributed by atoms with van der Waals surface area (Å²) in [5.74, 6) is 0.536. The summed E-state index contributed by atoms with van der Waals surface area (Å²) in [4.78, 5) is 14.9. The maximum atomic E-state index is 14.1. The fraction of sp³-hybridized carbons (Fsp3) is 0.316. The van der Waals surface area contributed by atoms with Crippen LogP contribution in [0.25, 0.3) is 0 Å². The molecule has 2 atom stereocenters. The van der Waals surface area contributed by atoms with Gasteiger partial charge in [0.1, 0.15) is 11.2 Å². The highest BCUT2D eigenvalue weighted by Crippen LogP contribution is 2.41. The molecule has 0 bridgehead atoms. The van der Waals surface area contributed by atoms with Crippen LogP contribution in [0.1, 0.15) is 35.8 Å². The second kappa shape index (κ2) is 7.18. The Balaban J connectivity index is 1.87. The van der Waals surface area contributed by atoms with Crippen LogP contribution < -0.4 is 0 Å². The Bertz CT molecular complexity index is 676. The van der Waals surface area contributed by atoms with Gasteiger partial charge < -0.3 is 4.90 Å². The molecule has 120 valence electrons. The lowest BCUT2D eigenvalue weighted by molar-refractivity contribution is -0.133. The molecular formula is C19H20FNOS. The first-order chi connectivity index (χ1) is 11.2. The van der Waals surface area contributed by atoms with Crippen molar-refractivity contribution in [1.82, 2.24) is 4.90 Å². The summed E-state index contributed by atoms with van der Waals surface area (Å²) >= 11 is 1.63. The van der Waals surface area contributed by atoms with Gasteiger partial charge in [-0.3, -0.25) is 4.79 Å². The number of carbonyl (C=O) groups is 1. The average molecular weight is 329 g/mol. The van der Waals surface area contributed by atoms with Crippen molar-refractivity contribution in [2.24, 2.45) is 0 Å². The minimum Gasteiger partial charge on any atom is -0.325 e. The molecule has 1 saturated heterocycles. The third-order valence-corrected chi connectivity index (χ3v) is 5.50. The first-order valence-electron chi connectivity index (χ1n) is 7.93. The molecule has 3 rings (SSSR count). The van der Waals surface area contributed by atoms with Crippen LogP contribution in [0.3, 0.4) is 0 Å². The summed E-state index contributed by atoms with van der Waals surface area (Å²) in [6.07, 6.45) is 0.744. The predicted octanol–water partition coefficient (Wildman–Crippen LogP) is 4.59. The van der Waals surface area contributed by atoms with Crippen LogP contribution in [0.5, 0.6) is 0 Å². The van der Waals surface area contributed by atoms with Crippen LogP contribution in [-0.2, 0) is 4.79 Å². The van der Waals surface area contributed by atoms with Gasteiger partial charge in [-0.15, -0.1) is 11.8 Å². The normalized spacial score (nSPS) is 18.9. The third-order valence-electron chi connectivity index (χ3n) is 4.25. The molecule has 0 spiro atoms. The van der Waals surface area contributed by atoms with Crippen LogP contribution in [0.15, 0.2) is 54.6 Å². The molecule has 1 heterocycles. The maximum absolute atomic E-state index is 14.1. The smallest absolute Gasteiger partial charge is 0.231 e. The van der Waals surface area contributed by atoms with E-state index in [2.05, 4.69) is 0 Å². The van der Waals surface area contributed by atoms with Crippen LogP contribution in [0, 0.1) is 5.82 Å². The monoisotopic (exact) mass is 329 g/mol. The zero-order chi connectivity index (χ0) is 16.2. The Morgan fingerprint density at radius 1 is 1.22 bits per heavy atom. The van der Waals surface area contributed by atoms with E-state index in [-0.39, 0.29) is 23.0 Å². The van der Waals surface area contributed by atoms with Gasteiger partial charge in [0.15, 0.2) is 0 Å². The van der Waals surface area contributed by atoms with Crippen LogP contribution in [0.2, 0.25) is 0 Å². The van der Waals surface area contributed by atoms with Crippen LogP contribution >= 0.6 is 11.8 Å². The number of nitrogens with zero attached hydrogens (tertiary/aromatic N) is 1. The summed E-state index contributed by atoms with van der Waals surface area (Å²) in [5, 5.41) is -0.221. The Morgan fingerprint density at radius 2 is 1.91 bits per heavy atom. The summed E-state index contributed by atoms with van der Waals surface area (Å²) in [7, 11) is 0. The molecule has 1 fully saturated rings. The van der Waals surface area contributed by atoms with Gasteiger partial charge in [0.05, 0.1) is 5.92 Å². The lowest BCUT2D eigenvalue weighted by atomic mass is 9.95. The minimum atomic E-state index is -0.238. The SMILES string of the molecule is CC[C@@H](C(=O)N1CCS[C@H]1c1ccccc1F)c1ccccc1. The van der Waals surface area contributed by atoms with Gasteiger partial charge >= 0.3 is 0 Å². The molecular weight excluding hydrogens is 309 g/mol. The quantitative estimate of drug-likeness (QED) is 0.817. The molecule has 2 aromatic carbocycles. The van der Waals surface area contributed by atoms with Gasteiger partial charge in [-0.1, -0.05) is 55.5 Å². The first-order valence-corrected chi connectivity index (χ1v) is 8.98. The molecule has 1 amide bonds. The van der Waals surface area contributed by atoms with E-state index in [0.29, 0.717) is 12.1 Å². The summed E-state index contributed by atoms with van der Waals surface area (Å²) in [5.41, 5.74) is 1.63. The highest BCUT2D eigenvalue weighted by atomic mass is 32.2. The number of rotatable bonds is 4. The van der Waals surface area contributed by atoms with Crippen molar-refractivity contribution < 1.29 is 9.18 Å². The van der Waals surface area contributed by atoms with E-state index in [4.69, 9.17) is 0 Å². The zero-order valence-corrected chi connectivity index (χ0v) is 13.9. The standard InChI is InChI=1S/C19H20FNOS/c1-2-15(14-8-4-3-5-9-14)18(22)21-12-13-23-19(21)16-10-6-7-11-17(16)20/h3-11,15,19H,2,12-13H2,1H3/t15-,19+/m1/s1. The molecule has 2 aromatic rings. The molecule has 23 heavy (non-hydrogen) atoms. The van der Waals surface area contributed by atoms with Gasteiger partial charge in [0.2, 0.25) is 5.91 Å². The van der Waals surface area contributed by atoms with E-state index in [0.717, 1.165) is 17.7 Å². The summed E-state index contributed by atoms with van der Waals surface area (Å²) in [6.45, 7) is 2.70. The van der Waals surface area contributed by atoms with Crippen molar-refractivity contribution >= 4 is 17.7 Å². The first kappa shape index (κ1) is 16.1. The number of thioether (sulfide) groups is 1. The summed E-state index contributed by atoms with van der Waals surface area (Å²) in [6, 6.07) is 16.6. The van der Waals surface area contributed by atoms with E-state index in [1.54, 1.807) is 23.9 Å². The molecule has 0 unspecified atom stereocenters. The second-order valence-corrected chi connectivity index (χ2v) is 6.84. The third kappa shape index (κ3) is 3.27. The maximum Gasteiger partial charge on any atom is 0.231 e. The molecule has 0 aromatic heterocycles. The van der Waals surface area contributed by atoms with Crippen molar-refractivity contribution in [2.45, 2.75) is 24.6 Å². The fourth-order valence-corrected chi connectivity index (χ4v) is 4.35. The Kier molecular flexibility index (Phi) is 5.01. The minimum absolute atomic E-state index is 0.0944. The highest BCUT2D eigenvalue weighted by Gasteiger charge is 2.35.